The highest BCUT2D eigenvalue weighted by Crippen LogP contribution is 2.08. The Kier molecular flexibility index (Phi) is 2.11. The van der Waals surface area contributed by atoms with Crippen molar-refractivity contribution in [3.63, 3.8) is 0 Å². The first-order chi connectivity index (χ1) is 5.18. The molecule has 0 amide bonds. The Hall–Kier alpha value is -1.51. The topological polar surface area (TPSA) is 61.1 Å². The normalized spacial score (nSPS) is 9.45. The van der Waals surface area contributed by atoms with Crippen molar-refractivity contribution >= 4 is 11.7 Å². The smallest absolute Gasteiger partial charge is 0.307 e. The number of carboxylic acid groups (broad SMARTS) is 1. The summed E-state index contributed by atoms with van der Waals surface area (Å²) in [4.78, 5) is 10.2. The molecule has 0 aliphatic rings. The maximum absolute atomic E-state index is 10.2. The summed E-state index contributed by atoms with van der Waals surface area (Å²) in [5.41, 5.74) is 8.21. The number of carbonyl (C=O) groups is 1. The van der Waals surface area contributed by atoms with Gasteiger partial charge in [0.25, 0.3) is 0 Å². The standard InChI is InChI=1S/C8H8NO2/c9-7-3-1-2-6(4-7)5-8(10)11/h1-4,9H,5H2,(H,10,11). The second-order valence-electron chi connectivity index (χ2n) is 2.27. The largest absolute Gasteiger partial charge is 0.481 e. The molecule has 57 valence electrons. The molecule has 0 bridgehead atoms. The molecule has 3 nitrogen and oxygen atoms in total. The minimum atomic E-state index is -0.865. The molecular weight excluding hydrogens is 142 g/mol. The van der Waals surface area contributed by atoms with Crippen LogP contribution in [0.4, 0.5) is 5.69 Å². The van der Waals surface area contributed by atoms with E-state index in [4.69, 9.17) is 10.8 Å². The van der Waals surface area contributed by atoms with Crippen LogP contribution in [0.2, 0.25) is 0 Å². The van der Waals surface area contributed by atoms with E-state index in [9.17, 15) is 4.79 Å². The van der Waals surface area contributed by atoms with E-state index in [1.165, 1.54) is 0 Å². The predicted octanol–water partition coefficient (Wildman–Crippen LogP) is 1.23. The van der Waals surface area contributed by atoms with Crippen LogP contribution in [0.3, 0.4) is 0 Å². The molecule has 1 aromatic carbocycles. The summed E-state index contributed by atoms with van der Waals surface area (Å²) in [5, 5.41) is 8.40. The van der Waals surface area contributed by atoms with E-state index in [-0.39, 0.29) is 6.42 Å². The zero-order chi connectivity index (χ0) is 8.27. The Morgan fingerprint density at radius 2 is 2.27 bits per heavy atom. The van der Waals surface area contributed by atoms with Crippen molar-refractivity contribution in [1.29, 1.82) is 0 Å². The van der Waals surface area contributed by atoms with Gasteiger partial charge in [-0.15, -0.1) is 0 Å². The molecule has 0 aliphatic heterocycles. The first-order valence-electron chi connectivity index (χ1n) is 3.21. The maximum Gasteiger partial charge on any atom is 0.307 e. The van der Waals surface area contributed by atoms with Gasteiger partial charge in [-0.3, -0.25) is 4.79 Å². The summed E-state index contributed by atoms with van der Waals surface area (Å²) >= 11 is 0. The third-order valence-corrected chi connectivity index (χ3v) is 1.28. The third-order valence-electron chi connectivity index (χ3n) is 1.28. The summed E-state index contributed by atoms with van der Waals surface area (Å²) in [6.07, 6.45) is -0.00722. The lowest BCUT2D eigenvalue weighted by molar-refractivity contribution is -0.136. The van der Waals surface area contributed by atoms with Crippen molar-refractivity contribution in [2.24, 2.45) is 0 Å². The number of hydrogen-bond acceptors (Lipinski definition) is 1. The molecule has 3 heteroatoms. The lowest BCUT2D eigenvalue weighted by Crippen LogP contribution is -1.99. The van der Waals surface area contributed by atoms with E-state index >= 15 is 0 Å². The first-order valence-corrected chi connectivity index (χ1v) is 3.21. The van der Waals surface area contributed by atoms with E-state index in [1.54, 1.807) is 24.3 Å². The average Bonchev–Trinajstić information content (AvgIpc) is 1.85. The van der Waals surface area contributed by atoms with E-state index in [2.05, 4.69) is 0 Å². The molecule has 0 spiro atoms. The van der Waals surface area contributed by atoms with Crippen LogP contribution in [-0.2, 0) is 11.2 Å². The van der Waals surface area contributed by atoms with Gasteiger partial charge in [-0.2, -0.15) is 0 Å². The van der Waals surface area contributed by atoms with Crippen LogP contribution in [-0.4, -0.2) is 11.1 Å². The lowest BCUT2D eigenvalue weighted by atomic mass is 10.1. The third kappa shape index (κ3) is 2.29. The highest BCUT2D eigenvalue weighted by Gasteiger charge is 1.99. The number of benzene rings is 1. The molecule has 1 rings (SSSR count). The minimum Gasteiger partial charge on any atom is -0.481 e. The van der Waals surface area contributed by atoms with Gasteiger partial charge >= 0.3 is 5.97 Å². The van der Waals surface area contributed by atoms with Gasteiger partial charge in [0.2, 0.25) is 0 Å². The molecule has 0 aromatic heterocycles. The second-order valence-corrected chi connectivity index (χ2v) is 2.27. The Bertz CT molecular complexity index is 271. The number of nitrogens with one attached hydrogen (secondary N) is 1. The molecule has 2 N–H and O–H groups in total. The molecule has 0 unspecified atom stereocenters. The van der Waals surface area contributed by atoms with Crippen LogP contribution in [0.1, 0.15) is 5.56 Å². The zero-order valence-electron chi connectivity index (χ0n) is 5.87. The summed E-state index contributed by atoms with van der Waals surface area (Å²) in [6, 6.07) is 6.55. The van der Waals surface area contributed by atoms with Gasteiger partial charge in [0.15, 0.2) is 0 Å². The Balaban J connectivity index is 2.79. The Morgan fingerprint density at radius 1 is 1.55 bits per heavy atom. The van der Waals surface area contributed by atoms with E-state index in [1.807, 2.05) is 0 Å². The summed E-state index contributed by atoms with van der Waals surface area (Å²) in [5.74, 6) is -0.865. The van der Waals surface area contributed by atoms with Gasteiger partial charge in [-0.05, 0) is 17.7 Å². The van der Waals surface area contributed by atoms with E-state index < -0.39 is 5.97 Å². The van der Waals surface area contributed by atoms with Crippen molar-refractivity contribution in [3.05, 3.63) is 29.8 Å². The highest BCUT2D eigenvalue weighted by molar-refractivity contribution is 5.70. The van der Waals surface area contributed by atoms with Crippen LogP contribution in [0, 0.1) is 0 Å². The molecule has 0 fully saturated rings. The predicted molar refractivity (Wildman–Crippen MR) is 40.5 cm³/mol. The fourth-order valence-electron chi connectivity index (χ4n) is 0.856. The van der Waals surface area contributed by atoms with Gasteiger partial charge in [0, 0.05) is 0 Å². The number of carboxylic acids is 1. The average molecular weight is 150 g/mol. The molecule has 0 aliphatic carbocycles. The van der Waals surface area contributed by atoms with Crippen molar-refractivity contribution in [3.8, 4) is 0 Å². The minimum absolute atomic E-state index is 0.00722. The van der Waals surface area contributed by atoms with Crippen molar-refractivity contribution < 1.29 is 9.90 Å². The molecule has 0 atom stereocenters. The van der Waals surface area contributed by atoms with E-state index in [0.29, 0.717) is 11.3 Å². The molecule has 0 saturated carbocycles. The fraction of sp³-hybridized carbons (Fsp3) is 0.125. The van der Waals surface area contributed by atoms with Gasteiger partial charge in [0.05, 0.1) is 12.1 Å². The first kappa shape index (κ1) is 7.60. The second kappa shape index (κ2) is 3.05. The van der Waals surface area contributed by atoms with Crippen LogP contribution >= 0.6 is 0 Å². The van der Waals surface area contributed by atoms with Crippen LogP contribution in [0.25, 0.3) is 0 Å². The summed E-state index contributed by atoms with van der Waals surface area (Å²) < 4.78 is 0. The summed E-state index contributed by atoms with van der Waals surface area (Å²) in [6.45, 7) is 0. The SMILES string of the molecule is [NH]c1cccc(CC(=O)O)c1. The van der Waals surface area contributed by atoms with Crippen LogP contribution < -0.4 is 5.73 Å². The Morgan fingerprint density at radius 3 is 2.82 bits per heavy atom. The van der Waals surface area contributed by atoms with Crippen molar-refractivity contribution in [1.82, 2.24) is 5.73 Å². The van der Waals surface area contributed by atoms with Crippen LogP contribution in [0.5, 0.6) is 0 Å². The molecule has 0 saturated heterocycles. The number of rotatable bonds is 2. The van der Waals surface area contributed by atoms with Gasteiger partial charge < -0.3 is 10.8 Å². The maximum atomic E-state index is 10.2. The zero-order valence-corrected chi connectivity index (χ0v) is 5.87. The monoisotopic (exact) mass is 150 g/mol. The quantitative estimate of drug-likeness (QED) is 0.689. The number of hydrogen-bond donors (Lipinski definition) is 1. The lowest BCUT2D eigenvalue weighted by Gasteiger charge is -1.96. The number of aliphatic carboxylic acids is 1. The molecule has 11 heavy (non-hydrogen) atoms. The van der Waals surface area contributed by atoms with Gasteiger partial charge in [0.1, 0.15) is 0 Å². The molecule has 1 aromatic rings. The van der Waals surface area contributed by atoms with E-state index in [0.717, 1.165) is 0 Å². The fourth-order valence-corrected chi connectivity index (χ4v) is 0.856. The molecular formula is C8H8NO2. The summed E-state index contributed by atoms with van der Waals surface area (Å²) in [7, 11) is 0. The molecule has 0 heterocycles. The van der Waals surface area contributed by atoms with Crippen molar-refractivity contribution in [2.75, 3.05) is 0 Å². The molecule has 1 radical (unpaired) electrons. The van der Waals surface area contributed by atoms with Crippen LogP contribution in [0.15, 0.2) is 24.3 Å². The highest BCUT2D eigenvalue weighted by atomic mass is 16.4. The van der Waals surface area contributed by atoms with Crippen molar-refractivity contribution in [2.45, 2.75) is 6.42 Å². The van der Waals surface area contributed by atoms with Gasteiger partial charge in [-0.25, -0.2) is 0 Å². The Labute approximate surface area is 64.5 Å². The van der Waals surface area contributed by atoms with Gasteiger partial charge in [-0.1, -0.05) is 12.1 Å².